The van der Waals surface area contributed by atoms with Gasteiger partial charge < -0.3 is 4.74 Å². The quantitative estimate of drug-likeness (QED) is 0.129. The van der Waals surface area contributed by atoms with E-state index in [1.165, 1.54) is 0 Å². The fraction of sp³-hybridized carbons (Fsp3) is 0.0370. The SMILES string of the molecule is N#C/C(=C/c1cc(I)c(OCc2ccccc2C#N)c(I)c1)c1ccc2ccccc2c1. The van der Waals surface area contributed by atoms with E-state index in [1.807, 2.05) is 66.7 Å². The molecule has 0 heterocycles. The van der Waals surface area contributed by atoms with Crippen LogP contribution in [0.5, 0.6) is 5.75 Å². The second kappa shape index (κ2) is 10.2. The Morgan fingerprint density at radius 1 is 0.844 bits per heavy atom. The molecule has 4 aromatic carbocycles. The van der Waals surface area contributed by atoms with Crippen molar-refractivity contribution in [1.82, 2.24) is 0 Å². The highest BCUT2D eigenvalue weighted by molar-refractivity contribution is 14.1. The Bertz CT molecular complexity index is 1400. The predicted molar refractivity (Wildman–Crippen MR) is 145 cm³/mol. The molecule has 0 amide bonds. The number of ether oxygens (including phenoxy) is 1. The third-order valence-corrected chi connectivity index (χ3v) is 6.62. The third kappa shape index (κ3) is 4.95. The summed E-state index contributed by atoms with van der Waals surface area (Å²) in [4.78, 5) is 0. The van der Waals surface area contributed by atoms with Crippen molar-refractivity contribution in [3.8, 4) is 17.9 Å². The molecule has 4 aromatic rings. The highest BCUT2D eigenvalue weighted by Crippen LogP contribution is 2.32. The summed E-state index contributed by atoms with van der Waals surface area (Å²) in [5, 5.41) is 21.3. The molecular formula is C27H16I2N2O. The molecule has 0 fully saturated rings. The maximum Gasteiger partial charge on any atom is 0.146 e. The molecule has 0 spiro atoms. The molecular weight excluding hydrogens is 622 g/mol. The number of rotatable bonds is 5. The normalized spacial score (nSPS) is 11.1. The zero-order valence-corrected chi connectivity index (χ0v) is 21.2. The van der Waals surface area contributed by atoms with Gasteiger partial charge in [0.2, 0.25) is 0 Å². The lowest BCUT2D eigenvalue weighted by Crippen LogP contribution is -2.01. The Labute approximate surface area is 214 Å². The van der Waals surface area contributed by atoms with Crippen LogP contribution in [0.2, 0.25) is 0 Å². The summed E-state index contributed by atoms with van der Waals surface area (Å²) in [6.45, 7) is 0.325. The van der Waals surface area contributed by atoms with Gasteiger partial charge in [0.05, 0.1) is 30.4 Å². The van der Waals surface area contributed by atoms with Crippen LogP contribution < -0.4 is 4.74 Å². The van der Waals surface area contributed by atoms with Gasteiger partial charge in [0.1, 0.15) is 12.4 Å². The van der Waals surface area contributed by atoms with Gasteiger partial charge >= 0.3 is 0 Å². The maximum absolute atomic E-state index is 9.79. The first kappa shape index (κ1) is 22.3. The van der Waals surface area contributed by atoms with E-state index in [9.17, 15) is 10.5 Å². The summed E-state index contributed by atoms with van der Waals surface area (Å²) in [5.41, 5.74) is 3.91. The van der Waals surface area contributed by atoms with Crippen molar-refractivity contribution in [2.75, 3.05) is 0 Å². The molecule has 0 aliphatic heterocycles. The van der Waals surface area contributed by atoms with Crippen LogP contribution in [-0.4, -0.2) is 0 Å². The fourth-order valence-corrected chi connectivity index (χ4v) is 5.54. The molecule has 154 valence electrons. The summed E-state index contributed by atoms with van der Waals surface area (Å²) in [7, 11) is 0. The first-order valence-electron chi connectivity index (χ1n) is 9.80. The van der Waals surface area contributed by atoms with Gasteiger partial charge in [-0.05, 0) is 97.4 Å². The number of halogens is 2. The van der Waals surface area contributed by atoms with Gasteiger partial charge in [0.25, 0.3) is 0 Å². The Morgan fingerprint density at radius 3 is 2.25 bits per heavy atom. The lowest BCUT2D eigenvalue weighted by molar-refractivity contribution is 0.301. The molecule has 0 N–H and O–H groups in total. The van der Waals surface area contributed by atoms with Gasteiger partial charge in [-0.3, -0.25) is 0 Å². The predicted octanol–water partition coefficient (Wildman–Crippen LogP) is 7.56. The molecule has 0 aromatic heterocycles. The number of benzene rings is 4. The fourth-order valence-electron chi connectivity index (χ4n) is 3.41. The molecule has 0 bridgehead atoms. The molecule has 0 radical (unpaired) electrons. The molecule has 5 heteroatoms. The van der Waals surface area contributed by atoms with Crippen molar-refractivity contribution in [3.05, 3.63) is 108 Å². The van der Waals surface area contributed by atoms with Gasteiger partial charge in [0, 0.05) is 5.56 Å². The van der Waals surface area contributed by atoms with Crippen LogP contribution >= 0.6 is 45.2 Å². The van der Waals surface area contributed by atoms with E-state index in [2.05, 4.69) is 69.5 Å². The molecule has 0 saturated heterocycles. The van der Waals surface area contributed by atoms with E-state index in [4.69, 9.17) is 4.74 Å². The lowest BCUT2D eigenvalue weighted by Gasteiger charge is -2.12. The first-order chi connectivity index (χ1) is 15.6. The van der Waals surface area contributed by atoms with Crippen LogP contribution in [0, 0.1) is 29.8 Å². The summed E-state index contributed by atoms with van der Waals surface area (Å²) < 4.78 is 7.96. The molecule has 4 rings (SSSR count). The number of nitrogens with zero attached hydrogens (tertiary/aromatic N) is 2. The largest absolute Gasteiger partial charge is 0.487 e. The second-order valence-corrected chi connectivity index (χ2v) is 9.43. The molecule has 0 aliphatic rings. The van der Waals surface area contributed by atoms with Crippen LogP contribution in [0.15, 0.2) is 78.9 Å². The van der Waals surface area contributed by atoms with Crippen molar-refractivity contribution in [2.45, 2.75) is 6.61 Å². The van der Waals surface area contributed by atoms with E-state index in [0.29, 0.717) is 17.7 Å². The summed E-state index contributed by atoms with van der Waals surface area (Å²) in [5.74, 6) is 0.778. The van der Waals surface area contributed by atoms with Crippen LogP contribution in [0.1, 0.15) is 22.3 Å². The maximum atomic E-state index is 9.79. The van der Waals surface area contributed by atoms with E-state index in [0.717, 1.165) is 40.4 Å². The van der Waals surface area contributed by atoms with E-state index < -0.39 is 0 Å². The van der Waals surface area contributed by atoms with Crippen molar-refractivity contribution < 1.29 is 4.74 Å². The minimum absolute atomic E-state index is 0.325. The zero-order chi connectivity index (χ0) is 22.5. The third-order valence-electron chi connectivity index (χ3n) is 5.02. The Kier molecular flexibility index (Phi) is 7.09. The van der Waals surface area contributed by atoms with Crippen LogP contribution in [0.3, 0.4) is 0 Å². The topological polar surface area (TPSA) is 56.8 Å². The minimum Gasteiger partial charge on any atom is -0.487 e. The van der Waals surface area contributed by atoms with E-state index >= 15 is 0 Å². The zero-order valence-electron chi connectivity index (χ0n) is 16.8. The molecule has 0 unspecified atom stereocenters. The number of nitriles is 2. The van der Waals surface area contributed by atoms with Crippen LogP contribution in [0.4, 0.5) is 0 Å². The Hall–Kier alpha value is -2.88. The smallest absolute Gasteiger partial charge is 0.146 e. The standard InChI is InChI=1S/C27H16I2N2O/c28-25-12-18(11-24(16-31)21-10-9-19-5-1-2-6-20(19)14-21)13-26(29)27(25)32-17-23-8-4-3-7-22(23)15-30/h1-14H,17H2/b24-11-. The highest BCUT2D eigenvalue weighted by atomic mass is 127. The lowest BCUT2D eigenvalue weighted by atomic mass is 10.0. The average Bonchev–Trinajstić information content (AvgIpc) is 2.82. The van der Waals surface area contributed by atoms with Gasteiger partial charge in [-0.15, -0.1) is 0 Å². The number of hydrogen-bond acceptors (Lipinski definition) is 3. The molecule has 3 nitrogen and oxygen atoms in total. The van der Waals surface area contributed by atoms with Gasteiger partial charge in [-0.25, -0.2) is 0 Å². The summed E-state index contributed by atoms with van der Waals surface area (Å²) >= 11 is 4.50. The average molecular weight is 638 g/mol. The number of hydrogen-bond donors (Lipinski definition) is 0. The monoisotopic (exact) mass is 638 g/mol. The Balaban J connectivity index is 1.62. The molecule has 32 heavy (non-hydrogen) atoms. The van der Waals surface area contributed by atoms with Crippen LogP contribution in [0.25, 0.3) is 22.4 Å². The summed E-state index contributed by atoms with van der Waals surface area (Å²) in [6, 6.07) is 30.2. The van der Waals surface area contributed by atoms with Crippen molar-refractivity contribution >= 4 is 67.6 Å². The van der Waals surface area contributed by atoms with E-state index in [-0.39, 0.29) is 0 Å². The van der Waals surface area contributed by atoms with Gasteiger partial charge in [-0.1, -0.05) is 54.6 Å². The Morgan fingerprint density at radius 2 is 1.53 bits per heavy atom. The first-order valence-corrected chi connectivity index (χ1v) is 12.0. The minimum atomic E-state index is 0.325. The molecule has 0 saturated carbocycles. The highest BCUT2D eigenvalue weighted by Gasteiger charge is 2.11. The second-order valence-electron chi connectivity index (χ2n) is 7.10. The van der Waals surface area contributed by atoms with Gasteiger partial charge in [0.15, 0.2) is 0 Å². The van der Waals surface area contributed by atoms with Crippen molar-refractivity contribution in [1.29, 1.82) is 10.5 Å². The molecule has 0 aliphatic carbocycles. The van der Waals surface area contributed by atoms with E-state index in [1.54, 1.807) is 6.07 Å². The number of allylic oxidation sites excluding steroid dienone is 1. The van der Waals surface area contributed by atoms with Gasteiger partial charge in [-0.2, -0.15) is 10.5 Å². The number of fused-ring (bicyclic) bond motifs is 1. The van der Waals surface area contributed by atoms with Crippen LogP contribution in [-0.2, 0) is 6.61 Å². The van der Waals surface area contributed by atoms with Crippen molar-refractivity contribution in [3.63, 3.8) is 0 Å². The summed E-state index contributed by atoms with van der Waals surface area (Å²) in [6.07, 6.45) is 1.91. The van der Waals surface area contributed by atoms with Crippen molar-refractivity contribution in [2.24, 2.45) is 0 Å². The molecule has 0 atom stereocenters.